The first-order valence-corrected chi connectivity index (χ1v) is 17.7. The number of rotatable bonds is 19. The van der Waals surface area contributed by atoms with Gasteiger partial charge in [0, 0.05) is 48.5 Å². The van der Waals surface area contributed by atoms with Gasteiger partial charge in [0.1, 0.15) is 6.54 Å². The quantitative estimate of drug-likeness (QED) is 0.0659. The van der Waals surface area contributed by atoms with Gasteiger partial charge in [-0.05, 0) is 47.9 Å². The van der Waals surface area contributed by atoms with Crippen molar-refractivity contribution in [2.75, 3.05) is 23.7 Å². The summed E-state index contributed by atoms with van der Waals surface area (Å²) in [7, 11) is -3.92. The first-order chi connectivity index (χ1) is 20.4. The maximum atomic E-state index is 10.9. The number of unbranched alkanes of at least 4 members (excludes halogenated alkanes) is 10. The summed E-state index contributed by atoms with van der Waals surface area (Å²) in [5, 5.41) is 2.45. The van der Waals surface area contributed by atoms with Crippen LogP contribution in [0.15, 0.2) is 60.9 Å². The molecule has 1 N–H and O–H groups in total. The van der Waals surface area contributed by atoms with Crippen LogP contribution in [0.3, 0.4) is 0 Å². The third kappa shape index (κ3) is 13.0. The molecule has 5 nitrogen and oxygen atoms in total. The van der Waals surface area contributed by atoms with Crippen molar-refractivity contribution in [3.8, 4) is 11.8 Å². The Morgan fingerprint density at radius 1 is 0.667 bits per heavy atom. The predicted octanol–water partition coefficient (Wildman–Crippen LogP) is 8.33. The van der Waals surface area contributed by atoms with Gasteiger partial charge in [0.05, 0.1) is 5.75 Å². The fourth-order valence-electron chi connectivity index (χ4n) is 5.31. The zero-order valence-corrected chi connectivity index (χ0v) is 26.7. The molecule has 42 heavy (non-hydrogen) atoms. The molecular formula is C36H51N2O3S+. The fourth-order valence-corrected chi connectivity index (χ4v) is 5.80. The number of pyridine rings is 1. The standard InChI is InChI=1S/C36H50N2O3S/c1-3-5-7-9-11-13-25-38(26-14-12-10-8-6-4-2)36-21-20-34-30-33(18-19-35(34)31-36)17-16-32-22-27-37(28-23-32)24-15-29-42(39,40)41/h18-23,27-28,30-31H,3-15,24-26,29H2,1-2H3/p+1. The van der Waals surface area contributed by atoms with Gasteiger partial charge in [-0.2, -0.15) is 8.42 Å². The Morgan fingerprint density at radius 2 is 1.21 bits per heavy atom. The second-order valence-corrected chi connectivity index (χ2v) is 13.1. The molecule has 0 aliphatic carbocycles. The maximum absolute atomic E-state index is 10.9. The summed E-state index contributed by atoms with van der Waals surface area (Å²) in [5.41, 5.74) is 3.21. The molecule has 3 aromatic rings. The molecule has 2 aromatic carbocycles. The molecule has 0 bridgehead atoms. The van der Waals surface area contributed by atoms with Crippen LogP contribution in [-0.4, -0.2) is 31.8 Å². The van der Waals surface area contributed by atoms with E-state index in [0.29, 0.717) is 13.0 Å². The molecule has 6 heteroatoms. The number of hydrogen-bond donors (Lipinski definition) is 1. The molecule has 0 spiro atoms. The van der Waals surface area contributed by atoms with Crippen molar-refractivity contribution in [1.29, 1.82) is 0 Å². The minimum absolute atomic E-state index is 0.235. The van der Waals surface area contributed by atoms with Crippen LogP contribution in [0.4, 0.5) is 5.69 Å². The van der Waals surface area contributed by atoms with Crippen LogP contribution < -0.4 is 9.47 Å². The number of hydrogen-bond acceptors (Lipinski definition) is 3. The van der Waals surface area contributed by atoms with Crippen molar-refractivity contribution in [1.82, 2.24) is 0 Å². The Labute approximate surface area is 255 Å². The lowest BCUT2D eigenvalue weighted by Gasteiger charge is -2.25. The summed E-state index contributed by atoms with van der Waals surface area (Å²) in [6.07, 6.45) is 20.0. The second-order valence-electron chi connectivity index (χ2n) is 11.5. The average molecular weight is 592 g/mol. The molecule has 1 aromatic heterocycles. The van der Waals surface area contributed by atoms with Crippen LogP contribution in [0.5, 0.6) is 0 Å². The minimum atomic E-state index is -3.92. The maximum Gasteiger partial charge on any atom is 0.265 e. The van der Waals surface area contributed by atoms with Gasteiger partial charge in [-0.15, -0.1) is 0 Å². The summed E-state index contributed by atoms with van der Waals surface area (Å²) in [6, 6.07) is 17.2. The van der Waals surface area contributed by atoms with Crippen LogP contribution >= 0.6 is 0 Å². The van der Waals surface area contributed by atoms with Crippen molar-refractivity contribution >= 4 is 26.6 Å². The third-order valence-electron chi connectivity index (χ3n) is 7.81. The fraction of sp³-hybridized carbons (Fsp3) is 0.528. The largest absolute Gasteiger partial charge is 0.372 e. The zero-order valence-electron chi connectivity index (χ0n) is 25.9. The molecular weight excluding hydrogens is 540 g/mol. The van der Waals surface area contributed by atoms with E-state index in [2.05, 4.69) is 67.0 Å². The van der Waals surface area contributed by atoms with E-state index in [4.69, 9.17) is 4.55 Å². The van der Waals surface area contributed by atoms with E-state index in [0.717, 1.165) is 24.2 Å². The number of fused-ring (bicyclic) bond motifs is 1. The topological polar surface area (TPSA) is 61.5 Å². The van der Waals surface area contributed by atoms with Crippen molar-refractivity contribution in [3.05, 3.63) is 72.1 Å². The molecule has 0 saturated carbocycles. The Hall–Kier alpha value is -2.88. The Kier molecular flexibility index (Phi) is 14.9. The average Bonchev–Trinajstić information content (AvgIpc) is 2.98. The van der Waals surface area contributed by atoms with Crippen molar-refractivity contribution in [2.45, 2.75) is 104 Å². The van der Waals surface area contributed by atoms with Crippen LogP contribution in [0.2, 0.25) is 0 Å². The lowest BCUT2D eigenvalue weighted by Crippen LogP contribution is -2.33. The lowest BCUT2D eigenvalue weighted by molar-refractivity contribution is -0.696. The van der Waals surface area contributed by atoms with Gasteiger partial charge in [0.25, 0.3) is 10.1 Å². The molecule has 0 fully saturated rings. The van der Waals surface area contributed by atoms with E-state index < -0.39 is 10.1 Å². The monoisotopic (exact) mass is 591 g/mol. The van der Waals surface area contributed by atoms with Gasteiger partial charge < -0.3 is 4.90 Å². The molecule has 1 heterocycles. The van der Waals surface area contributed by atoms with Crippen molar-refractivity contribution in [2.24, 2.45) is 0 Å². The summed E-state index contributed by atoms with van der Waals surface area (Å²) >= 11 is 0. The van der Waals surface area contributed by atoms with Crippen molar-refractivity contribution in [3.63, 3.8) is 0 Å². The SMILES string of the molecule is CCCCCCCCN(CCCCCCCC)c1ccc2cc(C#Cc3cc[n+](CCCS(=O)(=O)O)cc3)ccc2c1. The highest BCUT2D eigenvalue weighted by molar-refractivity contribution is 7.85. The van der Waals surface area contributed by atoms with E-state index in [1.165, 1.54) is 93.5 Å². The molecule has 228 valence electrons. The molecule has 0 radical (unpaired) electrons. The summed E-state index contributed by atoms with van der Waals surface area (Å²) in [4.78, 5) is 2.61. The van der Waals surface area contributed by atoms with E-state index in [1.807, 2.05) is 29.1 Å². The number of aryl methyl sites for hydroxylation is 1. The predicted molar refractivity (Wildman–Crippen MR) is 177 cm³/mol. The lowest BCUT2D eigenvalue weighted by atomic mass is 10.0. The van der Waals surface area contributed by atoms with E-state index >= 15 is 0 Å². The van der Waals surface area contributed by atoms with Crippen LogP contribution in [0.1, 0.15) is 108 Å². The number of aromatic nitrogens is 1. The van der Waals surface area contributed by atoms with Crippen LogP contribution in [-0.2, 0) is 16.7 Å². The molecule has 0 unspecified atom stereocenters. The molecule has 0 aliphatic rings. The Bertz CT molecular complexity index is 1360. The van der Waals surface area contributed by atoms with Gasteiger partial charge >= 0.3 is 0 Å². The number of anilines is 1. The van der Waals surface area contributed by atoms with Gasteiger partial charge in [0.15, 0.2) is 12.4 Å². The molecule has 0 aliphatic heterocycles. The summed E-state index contributed by atoms with van der Waals surface area (Å²) in [6.45, 7) is 7.34. The van der Waals surface area contributed by atoms with Gasteiger partial charge in [0.2, 0.25) is 0 Å². The summed E-state index contributed by atoms with van der Waals surface area (Å²) < 4.78 is 32.6. The highest BCUT2D eigenvalue weighted by Gasteiger charge is 2.09. The van der Waals surface area contributed by atoms with E-state index in [-0.39, 0.29) is 5.75 Å². The second kappa shape index (κ2) is 18.6. The Balaban J connectivity index is 1.62. The van der Waals surface area contributed by atoms with Crippen molar-refractivity contribution < 1.29 is 17.5 Å². The highest BCUT2D eigenvalue weighted by atomic mass is 32.2. The van der Waals surface area contributed by atoms with Gasteiger partial charge in [-0.3, -0.25) is 4.55 Å². The van der Waals surface area contributed by atoms with Gasteiger partial charge in [-0.25, -0.2) is 4.57 Å². The normalized spacial score (nSPS) is 11.4. The van der Waals surface area contributed by atoms with Crippen LogP contribution in [0, 0.1) is 11.8 Å². The first kappa shape index (κ1) is 33.6. The molecule has 0 atom stereocenters. The van der Waals surface area contributed by atoms with Gasteiger partial charge in [-0.1, -0.05) is 102 Å². The van der Waals surface area contributed by atoms with Crippen LogP contribution in [0.25, 0.3) is 10.8 Å². The van der Waals surface area contributed by atoms with E-state index in [1.54, 1.807) is 0 Å². The first-order valence-electron chi connectivity index (χ1n) is 16.1. The highest BCUT2D eigenvalue weighted by Crippen LogP contribution is 2.24. The number of benzene rings is 2. The smallest absolute Gasteiger partial charge is 0.265 e. The third-order valence-corrected chi connectivity index (χ3v) is 8.62. The molecule has 0 amide bonds. The van der Waals surface area contributed by atoms with E-state index in [9.17, 15) is 8.42 Å². The molecule has 3 rings (SSSR count). The zero-order chi connectivity index (χ0) is 30.0. The minimum Gasteiger partial charge on any atom is -0.372 e. The number of nitrogens with zero attached hydrogens (tertiary/aromatic N) is 2. The summed E-state index contributed by atoms with van der Waals surface area (Å²) in [5.74, 6) is 6.29. The Morgan fingerprint density at radius 3 is 1.83 bits per heavy atom. The molecule has 0 saturated heterocycles.